The monoisotopic (exact) mass is 241 g/mol. The Balaban J connectivity index is 2.69. The highest BCUT2D eigenvalue weighted by atomic mass is 35.5. The number of anilines is 1. The van der Waals surface area contributed by atoms with E-state index in [0.717, 1.165) is 11.3 Å². The molecule has 1 aromatic carbocycles. The van der Waals surface area contributed by atoms with Crippen molar-refractivity contribution in [3.05, 3.63) is 29.8 Å². The number of hydrogen-bond donors (Lipinski definition) is 1. The lowest BCUT2D eigenvalue weighted by Crippen LogP contribution is -2.19. The quantitative estimate of drug-likeness (QED) is 0.805. The highest BCUT2D eigenvalue weighted by Crippen LogP contribution is 2.26. The van der Waals surface area contributed by atoms with Gasteiger partial charge >= 0.3 is 0 Å². The summed E-state index contributed by atoms with van der Waals surface area (Å²) in [6, 6.07) is 7.48. The van der Waals surface area contributed by atoms with Gasteiger partial charge in [-0.05, 0) is 25.5 Å². The molecule has 0 aromatic heterocycles. The third-order valence-corrected chi connectivity index (χ3v) is 2.34. The van der Waals surface area contributed by atoms with Crippen molar-refractivity contribution in [2.24, 2.45) is 0 Å². The van der Waals surface area contributed by atoms with Crippen LogP contribution in [0.2, 0.25) is 0 Å². The lowest BCUT2D eigenvalue weighted by molar-refractivity contribution is -0.120. The zero-order valence-electron chi connectivity index (χ0n) is 9.50. The average molecular weight is 242 g/mol. The van der Waals surface area contributed by atoms with E-state index in [9.17, 15) is 4.79 Å². The summed E-state index contributed by atoms with van der Waals surface area (Å²) in [7, 11) is 0. The van der Waals surface area contributed by atoms with Gasteiger partial charge in [-0.2, -0.15) is 0 Å². The van der Waals surface area contributed by atoms with Gasteiger partial charge in [-0.1, -0.05) is 18.2 Å². The number of ether oxygens (including phenoxy) is 1. The van der Waals surface area contributed by atoms with Gasteiger partial charge in [0.05, 0.1) is 5.38 Å². The van der Waals surface area contributed by atoms with Gasteiger partial charge in [-0.25, -0.2) is 0 Å². The minimum atomic E-state index is -0.161. The molecule has 0 spiro atoms. The number of halogens is 1. The van der Waals surface area contributed by atoms with Crippen molar-refractivity contribution in [3.8, 4) is 0 Å². The van der Waals surface area contributed by atoms with Gasteiger partial charge < -0.3 is 10.1 Å². The highest BCUT2D eigenvalue weighted by molar-refractivity contribution is 6.21. The molecule has 0 fully saturated rings. The third kappa shape index (κ3) is 3.83. The Kier molecular flexibility index (Phi) is 5.29. The lowest BCUT2D eigenvalue weighted by atomic mass is 10.1. The molecule has 1 atom stereocenters. The van der Waals surface area contributed by atoms with Crippen LogP contribution in [0.15, 0.2) is 24.3 Å². The SMILES string of the molecule is CCOCC(=O)Nc1ccccc1C(C)Cl. The Hall–Kier alpha value is -1.06. The summed E-state index contributed by atoms with van der Waals surface area (Å²) in [6.45, 7) is 4.32. The maximum Gasteiger partial charge on any atom is 0.250 e. The molecule has 1 aromatic rings. The predicted molar refractivity (Wildman–Crippen MR) is 65.8 cm³/mol. The first-order chi connectivity index (χ1) is 7.65. The van der Waals surface area contributed by atoms with Gasteiger partial charge in [-0.15, -0.1) is 11.6 Å². The molecular weight excluding hydrogens is 226 g/mol. The first-order valence-electron chi connectivity index (χ1n) is 5.25. The van der Waals surface area contributed by atoms with Crippen molar-refractivity contribution in [1.29, 1.82) is 0 Å². The predicted octanol–water partition coefficient (Wildman–Crippen LogP) is 2.96. The molecule has 16 heavy (non-hydrogen) atoms. The molecule has 0 saturated heterocycles. The largest absolute Gasteiger partial charge is 0.372 e. The molecule has 1 unspecified atom stereocenters. The van der Waals surface area contributed by atoms with E-state index in [1.54, 1.807) is 0 Å². The molecule has 0 aliphatic carbocycles. The van der Waals surface area contributed by atoms with Crippen LogP contribution in [0.1, 0.15) is 24.8 Å². The van der Waals surface area contributed by atoms with Gasteiger partial charge in [0.25, 0.3) is 0 Å². The number of carbonyl (C=O) groups is 1. The molecule has 1 rings (SSSR count). The molecule has 0 aliphatic heterocycles. The van der Waals surface area contributed by atoms with E-state index in [0.29, 0.717) is 6.61 Å². The molecule has 1 amide bonds. The topological polar surface area (TPSA) is 38.3 Å². The maximum atomic E-state index is 11.5. The van der Waals surface area contributed by atoms with Gasteiger partial charge in [0.1, 0.15) is 6.61 Å². The molecule has 4 heteroatoms. The van der Waals surface area contributed by atoms with Crippen molar-refractivity contribution < 1.29 is 9.53 Å². The van der Waals surface area contributed by atoms with Crippen molar-refractivity contribution in [3.63, 3.8) is 0 Å². The van der Waals surface area contributed by atoms with Crippen LogP contribution < -0.4 is 5.32 Å². The molecular formula is C12H16ClNO2. The fraction of sp³-hybridized carbons (Fsp3) is 0.417. The van der Waals surface area contributed by atoms with Crippen LogP contribution in [0.25, 0.3) is 0 Å². The van der Waals surface area contributed by atoms with Gasteiger partial charge in [0, 0.05) is 12.3 Å². The average Bonchev–Trinajstić information content (AvgIpc) is 2.27. The standard InChI is InChI=1S/C12H16ClNO2/c1-3-16-8-12(15)14-11-7-5-4-6-10(11)9(2)13/h4-7,9H,3,8H2,1-2H3,(H,14,15). The molecule has 0 saturated carbocycles. The van der Waals surface area contributed by atoms with E-state index < -0.39 is 0 Å². The third-order valence-electron chi connectivity index (χ3n) is 2.10. The van der Waals surface area contributed by atoms with E-state index in [1.807, 2.05) is 38.1 Å². The van der Waals surface area contributed by atoms with Crippen LogP contribution in [0.5, 0.6) is 0 Å². The molecule has 0 bridgehead atoms. The molecule has 3 nitrogen and oxygen atoms in total. The van der Waals surface area contributed by atoms with E-state index in [1.165, 1.54) is 0 Å². The number of amides is 1. The molecule has 0 heterocycles. The Morgan fingerprint density at radius 1 is 1.50 bits per heavy atom. The van der Waals surface area contributed by atoms with Crippen LogP contribution in [-0.4, -0.2) is 19.1 Å². The second-order valence-corrected chi connectivity index (χ2v) is 4.04. The van der Waals surface area contributed by atoms with Crippen molar-refractivity contribution in [1.82, 2.24) is 0 Å². The number of carbonyl (C=O) groups excluding carboxylic acids is 1. The smallest absolute Gasteiger partial charge is 0.250 e. The number of nitrogens with one attached hydrogen (secondary N) is 1. The minimum absolute atomic E-state index is 0.0709. The highest BCUT2D eigenvalue weighted by Gasteiger charge is 2.09. The Labute approximate surface area is 101 Å². The summed E-state index contributed by atoms with van der Waals surface area (Å²) in [5.41, 5.74) is 1.66. The first-order valence-corrected chi connectivity index (χ1v) is 5.69. The maximum absolute atomic E-state index is 11.5. The Morgan fingerprint density at radius 2 is 2.19 bits per heavy atom. The van der Waals surface area contributed by atoms with Crippen LogP contribution in [0.3, 0.4) is 0 Å². The molecule has 88 valence electrons. The van der Waals surface area contributed by atoms with Crippen LogP contribution >= 0.6 is 11.6 Å². The zero-order valence-corrected chi connectivity index (χ0v) is 10.3. The van der Waals surface area contributed by atoms with Gasteiger partial charge in [-0.3, -0.25) is 4.79 Å². The van der Waals surface area contributed by atoms with Crippen molar-refractivity contribution in [2.45, 2.75) is 19.2 Å². The fourth-order valence-corrected chi connectivity index (χ4v) is 1.53. The Morgan fingerprint density at radius 3 is 2.81 bits per heavy atom. The lowest BCUT2D eigenvalue weighted by Gasteiger charge is -2.12. The van der Waals surface area contributed by atoms with Gasteiger partial charge in [0.15, 0.2) is 0 Å². The normalized spacial score (nSPS) is 12.2. The summed E-state index contributed by atoms with van der Waals surface area (Å²) >= 11 is 6.01. The Bertz CT molecular complexity index is 353. The second kappa shape index (κ2) is 6.51. The minimum Gasteiger partial charge on any atom is -0.372 e. The molecule has 1 N–H and O–H groups in total. The van der Waals surface area contributed by atoms with E-state index in [2.05, 4.69) is 5.32 Å². The molecule has 0 aliphatic rings. The van der Waals surface area contributed by atoms with E-state index >= 15 is 0 Å². The number of benzene rings is 1. The van der Waals surface area contributed by atoms with Crippen LogP contribution in [-0.2, 0) is 9.53 Å². The first kappa shape index (κ1) is 13.0. The summed E-state index contributed by atoms with van der Waals surface area (Å²) in [5, 5.41) is 2.64. The fourth-order valence-electron chi connectivity index (χ4n) is 1.34. The number of hydrogen-bond acceptors (Lipinski definition) is 2. The number of para-hydroxylation sites is 1. The van der Waals surface area contributed by atoms with E-state index in [-0.39, 0.29) is 17.9 Å². The van der Waals surface area contributed by atoms with Crippen molar-refractivity contribution in [2.75, 3.05) is 18.5 Å². The van der Waals surface area contributed by atoms with Crippen molar-refractivity contribution >= 4 is 23.2 Å². The van der Waals surface area contributed by atoms with Gasteiger partial charge in [0.2, 0.25) is 5.91 Å². The number of alkyl halides is 1. The van der Waals surface area contributed by atoms with E-state index in [4.69, 9.17) is 16.3 Å². The summed E-state index contributed by atoms with van der Waals surface area (Å²) < 4.78 is 5.02. The van der Waals surface area contributed by atoms with Crippen LogP contribution in [0.4, 0.5) is 5.69 Å². The molecule has 0 radical (unpaired) electrons. The summed E-state index contributed by atoms with van der Waals surface area (Å²) in [5.74, 6) is -0.161. The second-order valence-electron chi connectivity index (χ2n) is 3.39. The van der Waals surface area contributed by atoms with Crippen LogP contribution in [0, 0.1) is 0 Å². The summed E-state index contributed by atoms with van der Waals surface area (Å²) in [6.07, 6.45) is 0. The zero-order chi connectivity index (χ0) is 12.0. The number of rotatable bonds is 5. The summed E-state index contributed by atoms with van der Waals surface area (Å²) in [4.78, 5) is 11.5.